The highest BCUT2D eigenvalue weighted by Crippen LogP contribution is 2.15. The SMILES string of the molecule is C=CCCOCCNCCSc1ccccc1. The predicted molar refractivity (Wildman–Crippen MR) is 75.7 cm³/mol. The van der Waals surface area contributed by atoms with Gasteiger partial charge in [-0.1, -0.05) is 24.3 Å². The third-order valence-electron chi connectivity index (χ3n) is 2.18. The van der Waals surface area contributed by atoms with Crippen molar-refractivity contribution >= 4 is 11.8 Å². The average molecular weight is 251 g/mol. The Balaban J connectivity index is 1.86. The molecule has 0 radical (unpaired) electrons. The first kappa shape index (κ1) is 14.3. The summed E-state index contributed by atoms with van der Waals surface area (Å²) < 4.78 is 5.40. The number of thioether (sulfide) groups is 1. The van der Waals surface area contributed by atoms with Crippen LogP contribution in [0.15, 0.2) is 47.9 Å². The summed E-state index contributed by atoms with van der Waals surface area (Å²) in [6.45, 7) is 7.15. The summed E-state index contributed by atoms with van der Waals surface area (Å²) in [6.07, 6.45) is 2.81. The molecule has 1 N–H and O–H groups in total. The van der Waals surface area contributed by atoms with E-state index in [-0.39, 0.29) is 0 Å². The average Bonchev–Trinajstić information content (AvgIpc) is 2.38. The Kier molecular flexibility index (Phi) is 8.73. The lowest BCUT2D eigenvalue weighted by Gasteiger charge is -2.05. The number of hydrogen-bond donors (Lipinski definition) is 1. The number of rotatable bonds is 10. The second kappa shape index (κ2) is 10.4. The zero-order chi connectivity index (χ0) is 12.2. The molecule has 0 aliphatic heterocycles. The summed E-state index contributed by atoms with van der Waals surface area (Å²) in [5, 5.41) is 3.36. The molecule has 0 fully saturated rings. The Bertz CT molecular complexity index is 290. The first-order valence-electron chi connectivity index (χ1n) is 6.00. The van der Waals surface area contributed by atoms with E-state index in [9.17, 15) is 0 Å². The summed E-state index contributed by atoms with van der Waals surface area (Å²) in [7, 11) is 0. The van der Waals surface area contributed by atoms with Gasteiger partial charge in [-0.25, -0.2) is 0 Å². The molecular weight excluding hydrogens is 230 g/mol. The number of ether oxygens (including phenoxy) is 1. The maximum absolute atomic E-state index is 5.40. The van der Waals surface area contributed by atoms with Crippen LogP contribution < -0.4 is 5.32 Å². The van der Waals surface area contributed by atoms with E-state index in [2.05, 4.69) is 36.2 Å². The van der Waals surface area contributed by atoms with E-state index in [1.165, 1.54) is 4.90 Å². The first-order valence-corrected chi connectivity index (χ1v) is 6.99. The minimum Gasteiger partial charge on any atom is -0.380 e. The van der Waals surface area contributed by atoms with Gasteiger partial charge in [-0.2, -0.15) is 0 Å². The molecule has 1 aromatic rings. The lowest BCUT2D eigenvalue weighted by atomic mass is 10.4. The Hall–Kier alpha value is -0.770. The molecule has 0 aliphatic rings. The Morgan fingerprint density at radius 1 is 1.18 bits per heavy atom. The van der Waals surface area contributed by atoms with Gasteiger partial charge in [-0.05, 0) is 18.6 Å². The summed E-state index contributed by atoms with van der Waals surface area (Å²) in [5.41, 5.74) is 0. The molecule has 17 heavy (non-hydrogen) atoms. The molecule has 0 aliphatic carbocycles. The summed E-state index contributed by atoms with van der Waals surface area (Å²) in [4.78, 5) is 1.33. The minimum absolute atomic E-state index is 0.782. The van der Waals surface area contributed by atoms with Crippen LogP contribution in [0, 0.1) is 0 Å². The van der Waals surface area contributed by atoms with Gasteiger partial charge >= 0.3 is 0 Å². The van der Waals surface area contributed by atoms with Gasteiger partial charge in [-0.3, -0.25) is 0 Å². The summed E-state index contributed by atoms with van der Waals surface area (Å²) in [6, 6.07) is 10.5. The minimum atomic E-state index is 0.782. The molecule has 0 heterocycles. The normalized spacial score (nSPS) is 10.4. The van der Waals surface area contributed by atoms with Crippen LogP contribution in [0.25, 0.3) is 0 Å². The van der Waals surface area contributed by atoms with Crippen molar-refractivity contribution in [1.82, 2.24) is 5.32 Å². The standard InChI is InChI=1S/C14H21NOS/c1-2-3-11-16-12-9-15-10-13-17-14-7-5-4-6-8-14/h2,4-8,15H,1,3,9-13H2. The lowest BCUT2D eigenvalue weighted by molar-refractivity contribution is 0.141. The molecule has 0 amide bonds. The number of nitrogens with one attached hydrogen (secondary N) is 1. The molecule has 1 aromatic carbocycles. The van der Waals surface area contributed by atoms with Crippen molar-refractivity contribution in [2.24, 2.45) is 0 Å². The highest BCUT2D eigenvalue weighted by Gasteiger charge is 1.92. The third-order valence-corrected chi connectivity index (χ3v) is 3.19. The van der Waals surface area contributed by atoms with Gasteiger partial charge in [0.15, 0.2) is 0 Å². The van der Waals surface area contributed by atoms with Gasteiger partial charge in [-0.15, -0.1) is 18.3 Å². The van der Waals surface area contributed by atoms with Crippen molar-refractivity contribution < 1.29 is 4.74 Å². The molecule has 0 saturated carbocycles. The van der Waals surface area contributed by atoms with Gasteiger partial charge in [0.1, 0.15) is 0 Å². The highest BCUT2D eigenvalue weighted by atomic mass is 32.2. The second-order valence-corrected chi connectivity index (χ2v) is 4.77. The zero-order valence-corrected chi connectivity index (χ0v) is 11.0. The van der Waals surface area contributed by atoms with E-state index in [1.807, 2.05) is 23.9 Å². The van der Waals surface area contributed by atoms with Crippen molar-refractivity contribution in [2.45, 2.75) is 11.3 Å². The maximum Gasteiger partial charge on any atom is 0.0591 e. The third kappa shape index (κ3) is 8.02. The Labute approximate surface area is 108 Å². The van der Waals surface area contributed by atoms with E-state index in [0.29, 0.717) is 0 Å². The van der Waals surface area contributed by atoms with Crippen molar-refractivity contribution in [3.8, 4) is 0 Å². The van der Waals surface area contributed by atoms with Crippen molar-refractivity contribution in [3.63, 3.8) is 0 Å². The molecular formula is C14H21NOS. The molecule has 0 spiro atoms. The van der Waals surface area contributed by atoms with E-state index >= 15 is 0 Å². The van der Waals surface area contributed by atoms with Crippen LogP contribution in [-0.2, 0) is 4.74 Å². The van der Waals surface area contributed by atoms with E-state index in [1.54, 1.807) is 0 Å². The highest BCUT2D eigenvalue weighted by molar-refractivity contribution is 7.99. The first-order chi connectivity index (χ1) is 8.43. The monoisotopic (exact) mass is 251 g/mol. The van der Waals surface area contributed by atoms with Crippen molar-refractivity contribution in [1.29, 1.82) is 0 Å². The second-order valence-electron chi connectivity index (χ2n) is 3.60. The maximum atomic E-state index is 5.40. The van der Waals surface area contributed by atoms with Gasteiger partial charge in [0, 0.05) is 23.7 Å². The van der Waals surface area contributed by atoms with Crippen LogP contribution >= 0.6 is 11.8 Å². The summed E-state index contributed by atoms with van der Waals surface area (Å²) >= 11 is 1.88. The van der Waals surface area contributed by atoms with Gasteiger partial charge in [0.05, 0.1) is 13.2 Å². The van der Waals surface area contributed by atoms with Crippen LogP contribution in [0.4, 0.5) is 0 Å². The van der Waals surface area contributed by atoms with Crippen LogP contribution in [0.1, 0.15) is 6.42 Å². The molecule has 0 aromatic heterocycles. The molecule has 0 bridgehead atoms. The largest absolute Gasteiger partial charge is 0.380 e. The van der Waals surface area contributed by atoms with Crippen molar-refractivity contribution in [3.05, 3.63) is 43.0 Å². The molecule has 0 atom stereocenters. The lowest BCUT2D eigenvalue weighted by Crippen LogP contribution is -2.22. The van der Waals surface area contributed by atoms with Gasteiger partial charge in [0.25, 0.3) is 0 Å². The fourth-order valence-corrected chi connectivity index (χ4v) is 2.13. The van der Waals surface area contributed by atoms with Crippen LogP contribution in [-0.4, -0.2) is 32.1 Å². The van der Waals surface area contributed by atoms with Crippen LogP contribution in [0.5, 0.6) is 0 Å². The van der Waals surface area contributed by atoms with Crippen molar-refractivity contribution in [2.75, 3.05) is 32.1 Å². The quantitative estimate of drug-likeness (QED) is 0.392. The molecule has 1 rings (SSSR count). The molecule has 0 saturated heterocycles. The number of hydrogen-bond acceptors (Lipinski definition) is 3. The van der Waals surface area contributed by atoms with Gasteiger partial charge in [0.2, 0.25) is 0 Å². The summed E-state index contributed by atoms with van der Waals surface area (Å²) in [5.74, 6) is 1.09. The fraction of sp³-hybridized carbons (Fsp3) is 0.429. The smallest absolute Gasteiger partial charge is 0.0591 e. The molecule has 94 valence electrons. The Morgan fingerprint density at radius 3 is 2.76 bits per heavy atom. The Morgan fingerprint density at radius 2 is 2.00 bits per heavy atom. The zero-order valence-electron chi connectivity index (χ0n) is 10.2. The van der Waals surface area contributed by atoms with Crippen LogP contribution in [0.3, 0.4) is 0 Å². The number of benzene rings is 1. The molecule has 3 heteroatoms. The molecule has 2 nitrogen and oxygen atoms in total. The van der Waals surface area contributed by atoms with E-state index in [0.717, 1.165) is 38.5 Å². The topological polar surface area (TPSA) is 21.3 Å². The predicted octanol–water partition coefficient (Wildman–Crippen LogP) is 2.96. The van der Waals surface area contributed by atoms with E-state index in [4.69, 9.17) is 4.74 Å². The van der Waals surface area contributed by atoms with Gasteiger partial charge < -0.3 is 10.1 Å². The fourth-order valence-electron chi connectivity index (χ4n) is 1.30. The van der Waals surface area contributed by atoms with Crippen LogP contribution in [0.2, 0.25) is 0 Å². The molecule has 0 unspecified atom stereocenters. The van der Waals surface area contributed by atoms with E-state index < -0.39 is 0 Å².